The second-order valence-corrected chi connectivity index (χ2v) is 9.26. The number of hydrogen-bond donors (Lipinski definition) is 0. The maximum atomic E-state index is 13.8. The van der Waals surface area contributed by atoms with Crippen molar-refractivity contribution in [1.29, 1.82) is 0 Å². The van der Waals surface area contributed by atoms with Gasteiger partial charge in [-0.1, -0.05) is 47.0 Å². The summed E-state index contributed by atoms with van der Waals surface area (Å²) in [5, 5.41) is 1.69. The number of ketones is 1. The lowest BCUT2D eigenvalue weighted by atomic mass is 10.1. The molecule has 0 saturated heterocycles. The predicted molar refractivity (Wildman–Crippen MR) is 111 cm³/mol. The third kappa shape index (κ3) is 4.56. The lowest BCUT2D eigenvalue weighted by Crippen LogP contribution is -2.21. The fourth-order valence-corrected chi connectivity index (χ4v) is 4.75. The van der Waals surface area contributed by atoms with Gasteiger partial charge in [-0.3, -0.25) is 9.36 Å². The van der Waals surface area contributed by atoms with Crippen LogP contribution in [0, 0.1) is 13.8 Å². The van der Waals surface area contributed by atoms with E-state index in [2.05, 4.69) is 0 Å². The van der Waals surface area contributed by atoms with Crippen LogP contribution in [0.5, 0.6) is 0 Å². The minimum Gasteiger partial charge on any atom is -0.314 e. The lowest BCUT2D eigenvalue weighted by molar-refractivity contribution is 0.0925. The molecular weight excluding hydrogens is 379 g/mol. The Morgan fingerprint density at radius 3 is 1.70 bits per heavy atom. The highest BCUT2D eigenvalue weighted by Crippen LogP contribution is 2.44. The third-order valence-corrected chi connectivity index (χ3v) is 6.99. The first-order chi connectivity index (χ1) is 12.9. The summed E-state index contributed by atoms with van der Waals surface area (Å²) in [6.07, 6.45) is 0. The Bertz CT molecular complexity index is 928. The average Bonchev–Trinajstić information content (AvgIpc) is 2.67. The zero-order chi connectivity index (χ0) is 19.4. The SMILES string of the molecule is Cc1ccc(P(=O)(OCC(=O)c2ccc(Cl)cc2)c2ccc(C)cc2)cc1. The average molecular weight is 399 g/mol. The van der Waals surface area contributed by atoms with Crippen molar-refractivity contribution in [3.63, 3.8) is 0 Å². The first kappa shape index (κ1) is 19.6. The lowest BCUT2D eigenvalue weighted by Gasteiger charge is -2.19. The van der Waals surface area contributed by atoms with E-state index in [1.807, 2.05) is 38.1 Å². The van der Waals surface area contributed by atoms with Gasteiger partial charge in [-0.25, -0.2) is 0 Å². The zero-order valence-electron chi connectivity index (χ0n) is 15.2. The molecule has 0 N–H and O–H groups in total. The Labute approximate surface area is 164 Å². The van der Waals surface area contributed by atoms with Gasteiger partial charge in [0.05, 0.1) is 0 Å². The second kappa shape index (κ2) is 8.22. The third-order valence-electron chi connectivity index (χ3n) is 4.29. The quantitative estimate of drug-likeness (QED) is 0.429. The van der Waals surface area contributed by atoms with E-state index in [-0.39, 0.29) is 12.4 Å². The topological polar surface area (TPSA) is 43.4 Å². The summed E-state index contributed by atoms with van der Waals surface area (Å²) in [5.74, 6) is -0.244. The molecule has 0 aliphatic rings. The van der Waals surface area contributed by atoms with Crippen LogP contribution in [0.4, 0.5) is 0 Å². The first-order valence-corrected chi connectivity index (χ1v) is 10.6. The van der Waals surface area contributed by atoms with E-state index in [0.717, 1.165) is 11.1 Å². The van der Waals surface area contributed by atoms with Gasteiger partial charge in [0.1, 0.15) is 6.61 Å². The molecule has 0 aliphatic carbocycles. The van der Waals surface area contributed by atoms with Crippen LogP contribution in [0.2, 0.25) is 5.02 Å². The minimum atomic E-state index is -3.39. The van der Waals surface area contributed by atoms with E-state index in [1.165, 1.54) is 0 Å². The molecule has 3 rings (SSSR count). The smallest absolute Gasteiger partial charge is 0.261 e. The van der Waals surface area contributed by atoms with E-state index < -0.39 is 7.37 Å². The number of aryl methyl sites for hydroxylation is 2. The molecule has 0 unspecified atom stereocenters. The Morgan fingerprint density at radius 2 is 1.26 bits per heavy atom. The number of carbonyl (C=O) groups is 1. The van der Waals surface area contributed by atoms with Gasteiger partial charge in [-0.15, -0.1) is 0 Å². The summed E-state index contributed by atoms with van der Waals surface area (Å²) in [6, 6.07) is 21.3. The summed E-state index contributed by atoms with van der Waals surface area (Å²) < 4.78 is 19.6. The Kier molecular flexibility index (Phi) is 5.96. The van der Waals surface area contributed by atoms with Crippen molar-refractivity contribution in [3.05, 3.63) is 94.5 Å². The maximum absolute atomic E-state index is 13.8. The van der Waals surface area contributed by atoms with Crippen molar-refractivity contribution in [3.8, 4) is 0 Å². The van der Waals surface area contributed by atoms with E-state index in [1.54, 1.807) is 48.5 Å². The molecule has 3 aromatic carbocycles. The number of rotatable bonds is 6. The molecule has 0 saturated carbocycles. The van der Waals surface area contributed by atoms with Crippen LogP contribution >= 0.6 is 19.0 Å². The summed E-state index contributed by atoms with van der Waals surface area (Å²) in [5.41, 5.74) is 2.59. The molecule has 0 atom stereocenters. The zero-order valence-corrected chi connectivity index (χ0v) is 16.8. The summed E-state index contributed by atoms with van der Waals surface area (Å²) >= 11 is 5.86. The van der Waals surface area contributed by atoms with Crippen molar-refractivity contribution in [1.82, 2.24) is 0 Å². The summed E-state index contributed by atoms with van der Waals surface area (Å²) in [4.78, 5) is 12.5. The van der Waals surface area contributed by atoms with Crippen LogP contribution in [-0.4, -0.2) is 12.4 Å². The van der Waals surface area contributed by atoms with Crippen molar-refractivity contribution in [2.24, 2.45) is 0 Å². The van der Waals surface area contributed by atoms with Crippen molar-refractivity contribution >= 4 is 35.4 Å². The normalized spacial score (nSPS) is 11.4. The fourth-order valence-electron chi connectivity index (χ4n) is 2.65. The molecule has 5 heteroatoms. The molecule has 0 radical (unpaired) electrons. The Balaban J connectivity index is 1.91. The van der Waals surface area contributed by atoms with Crippen LogP contribution in [0.3, 0.4) is 0 Å². The molecule has 3 aromatic rings. The Morgan fingerprint density at radius 1 is 0.815 bits per heavy atom. The molecule has 0 aliphatic heterocycles. The van der Waals surface area contributed by atoms with Crippen LogP contribution in [-0.2, 0) is 9.09 Å². The minimum absolute atomic E-state index is 0.244. The van der Waals surface area contributed by atoms with Gasteiger partial charge in [-0.05, 0) is 62.4 Å². The molecule has 0 bridgehead atoms. The first-order valence-electron chi connectivity index (χ1n) is 8.56. The standard InChI is InChI=1S/C22H20ClO3P/c1-16-3-11-20(12-4-16)27(25,21-13-5-17(2)6-14-21)26-15-22(24)18-7-9-19(23)10-8-18/h3-14H,15H2,1-2H3. The molecule has 0 fully saturated rings. The van der Waals surface area contributed by atoms with Crippen molar-refractivity contribution in [2.75, 3.05) is 6.61 Å². The van der Waals surface area contributed by atoms with E-state index in [0.29, 0.717) is 21.2 Å². The molecular formula is C22H20ClO3P. The van der Waals surface area contributed by atoms with Crippen LogP contribution in [0.15, 0.2) is 72.8 Å². The highest BCUT2D eigenvalue weighted by molar-refractivity contribution is 7.74. The van der Waals surface area contributed by atoms with Crippen LogP contribution in [0.25, 0.3) is 0 Å². The molecule has 3 nitrogen and oxygen atoms in total. The summed E-state index contributed by atoms with van der Waals surface area (Å²) in [7, 11) is -3.39. The largest absolute Gasteiger partial charge is 0.314 e. The van der Waals surface area contributed by atoms with Gasteiger partial charge in [0, 0.05) is 21.2 Å². The maximum Gasteiger partial charge on any atom is 0.261 e. The number of benzene rings is 3. The number of Topliss-reactive ketones (excluding diaryl/α,β-unsaturated/α-hetero) is 1. The van der Waals surface area contributed by atoms with E-state index in [9.17, 15) is 9.36 Å². The molecule has 0 amide bonds. The fraction of sp³-hybridized carbons (Fsp3) is 0.136. The van der Waals surface area contributed by atoms with Crippen LogP contribution in [0.1, 0.15) is 21.5 Å². The second-order valence-electron chi connectivity index (χ2n) is 6.43. The molecule has 0 heterocycles. The van der Waals surface area contributed by atoms with E-state index >= 15 is 0 Å². The number of carbonyl (C=O) groups excluding carboxylic acids is 1. The van der Waals surface area contributed by atoms with E-state index in [4.69, 9.17) is 16.1 Å². The van der Waals surface area contributed by atoms with Gasteiger partial charge in [-0.2, -0.15) is 0 Å². The Hall–Kier alpha value is -2.19. The number of hydrogen-bond acceptors (Lipinski definition) is 3. The highest BCUT2D eigenvalue weighted by Gasteiger charge is 2.29. The van der Waals surface area contributed by atoms with Crippen LogP contribution < -0.4 is 10.6 Å². The molecule has 27 heavy (non-hydrogen) atoms. The van der Waals surface area contributed by atoms with Gasteiger partial charge in [0.25, 0.3) is 7.37 Å². The van der Waals surface area contributed by atoms with Crippen molar-refractivity contribution in [2.45, 2.75) is 13.8 Å². The van der Waals surface area contributed by atoms with Gasteiger partial charge >= 0.3 is 0 Å². The molecule has 0 aromatic heterocycles. The van der Waals surface area contributed by atoms with Crippen molar-refractivity contribution < 1.29 is 13.9 Å². The monoisotopic (exact) mass is 398 g/mol. The van der Waals surface area contributed by atoms with Gasteiger partial charge < -0.3 is 4.52 Å². The summed E-state index contributed by atoms with van der Waals surface area (Å²) in [6.45, 7) is 3.65. The highest BCUT2D eigenvalue weighted by atomic mass is 35.5. The number of halogens is 1. The molecule has 0 spiro atoms. The molecule has 138 valence electrons. The predicted octanol–water partition coefficient (Wildman–Crippen LogP) is 5.09. The van der Waals surface area contributed by atoms with Gasteiger partial charge in [0.15, 0.2) is 5.78 Å². The van der Waals surface area contributed by atoms with Gasteiger partial charge in [0.2, 0.25) is 0 Å².